The Morgan fingerprint density at radius 1 is 1.21 bits per heavy atom. The number of benzene rings is 1. The van der Waals surface area contributed by atoms with Crippen LogP contribution in [0, 0.1) is 0 Å². The molecule has 28 heavy (non-hydrogen) atoms. The van der Waals surface area contributed by atoms with Crippen LogP contribution in [0.25, 0.3) is 0 Å². The first kappa shape index (κ1) is 19.9. The van der Waals surface area contributed by atoms with Gasteiger partial charge in [0.15, 0.2) is 0 Å². The van der Waals surface area contributed by atoms with Crippen LogP contribution in [0.4, 0.5) is 10.5 Å². The van der Waals surface area contributed by atoms with Crippen LogP contribution in [-0.4, -0.2) is 53.4 Å². The summed E-state index contributed by atoms with van der Waals surface area (Å²) in [6.07, 6.45) is 4.93. The highest BCUT2D eigenvalue weighted by Crippen LogP contribution is 2.17. The molecule has 8 heteroatoms. The molecule has 1 aliphatic rings. The Labute approximate surface area is 164 Å². The predicted molar refractivity (Wildman–Crippen MR) is 106 cm³/mol. The van der Waals surface area contributed by atoms with Crippen molar-refractivity contribution < 1.29 is 14.3 Å². The summed E-state index contributed by atoms with van der Waals surface area (Å²) >= 11 is 0. The van der Waals surface area contributed by atoms with E-state index in [1.165, 1.54) is 6.42 Å². The van der Waals surface area contributed by atoms with Crippen molar-refractivity contribution in [3.8, 4) is 0 Å². The quantitative estimate of drug-likeness (QED) is 0.800. The van der Waals surface area contributed by atoms with Crippen molar-refractivity contribution in [3.63, 3.8) is 0 Å². The van der Waals surface area contributed by atoms with Crippen LogP contribution in [0.2, 0.25) is 0 Å². The lowest BCUT2D eigenvalue weighted by Gasteiger charge is -2.26. The molecule has 0 saturated carbocycles. The van der Waals surface area contributed by atoms with Gasteiger partial charge in [-0.25, -0.2) is 4.79 Å². The number of amides is 3. The summed E-state index contributed by atoms with van der Waals surface area (Å²) in [5, 5.41) is 9.83. The monoisotopic (exact) mass is 385 g/mol. The molecule has 8 nitrogen and oxygen atoms in total. The number of anilines is 1. The third kappa shape index (κ3) is 4.89. The number of hydrogen-bond donors (Lipinski definition) is 2. The lowest BCUT2D eigenvalue weighted by molar-refractivity contribution is 0.0724. The minimum atomic E-state index is -0.370. The molecule has 1 aromatic carbocycles. The average molecular weight is 385 g/mol. The van der Waals surface area contributed by atoms with E-state index in [1.807, 2.05) is 18.0 Å². The first-order chi connectivity index (χ1) is 13.6. The molecule has 1 aliphatic heterocycles. The maximum Gasteiger partial charge on any atom is 0.319 e. The lowest BCUT2D eigenvalue weighted by Crippen LogP contribution is -2.36. The second-order valence-corrected chi connectivity index (χ2v) is 6.92. The van der Waals surface area contributed by atoms with E-state index in [-0.39, 0.29) is 18.0 Å². The summed E-state index contributed by atoms with van der Waals surface area (Å²) in [4.78, 5) is 27.0. The van der Waals surface area contributed by atoms with E-state index in [0.29, 0.717) is 17.9 Å². The minimum Gasteiger partial charge on any atom is -0.382 e. The fourth-order valence-corrected chi connectivity index (χ4v) is 3.43. The second kappa shape index (κ2) is 9.36. The van der Waals surface area contributed by atoms with E-state index in [9.17, 15) is 9.59 Å². The largest absolute Gasteiger partial charge is 0.382 e. The van der Waals surface area contributed by atoms with Gasteiger partial charge in [-0.2, -0.15) is 5.10 Å². The van der Waals surface area contributed by atoms with Gasteiger partial charge in [0.1, 0.15) is 0 Å². The molecular weight excluding hydrogens is 358 g/mol. The van der Waals surface area contributed by atoms with Gasteiger partial charge in [-0.3, -0.25) is 9.48 Å². The number of nitrogens with zero attached hydrogens (tertiary/aromatic N) is 3. The Hall–Kier alpha value is -2.87. The number of carbonyl (C=O) groups excluding carboxylic acids is 2. The van der Waals surface area contributed by atoms with E-state index in [1.54, 1.807) is 42.3 Å². The number of urea groups is 1. The van der Waals surface area contributed by atoms with Gasteiger partial charge in [-0.15, -0.1) is 0 Å². The van der Waals surface area contributed by atoms with E-state index < -0.39 is 0 Å². The number of likely N-dealkylation sites (tertiary alicyclic amines) is 1. The lowest BCUT2D eigenvalue weighted by atomic mass is 10.1. The van der Waals surface area contributed by atoms with Gasteiger partial charge in [0.25, 0.3) is 5.91 Å². The standard InChI is InChI=1S/C20H27N5O3/c1-24-18(9-10-21-24)17(14-28-2)23-20(27)22-16-8-6-7-15(13-16)19(26)25-11-4-3-5-12-25/h6-10,13,17H,3-5,11-12,14H2,1-2H3,(H2,22,23,27)/t17-/m1/s1. The topological polar surface area (TPSA) is 88.5 Å². The number of piperidine rings is 1. The van der Waals surface area contributed by atoms with Crippen LogP contribution < -0.4 is 10.6 Å². The zero-order valence-electron chi connectivity index (χ0n) is 16.4. The molecule has 1 saturated heterocycles. The summed E-state index contributed by atoms with van der Waals surface area (Å²) in [6.45, 7) is 1.90. The summed E-state index contributed by atoms with van der Waals surface area (Å²) in [5.41, 5.74) is 1.99. The minimum absolute atomic E-state index is 0.0101. The molecule has 3 rings (SSSR count). The maximum absolute atomic E-state index is 12.7. The molecule has 3 amide bonds. The molecular formula is C20H27N5O3. The Bertz CT molecular complexity index is 814. The molecule has 2 heterocycles. The van der Waals surface area contributed by atoms with E-state index in [4.69, 9.17) is 4.74 Å². The van der Waals surface area contributed by atoms with Crippen LogP contribution in [0.1, 0.15) is 41.4 Å². The highest BCUT2D eigenvalue weighted by Gasteiger charge is 2.20. The molecule has 150 valence electrons. The van der Waals surface area contributed by atoms with Crippen LogP contribution in [0.3, 0.4) is 0 Å². The summed E-state index contributed by atoms with van der Waals surface area (Å²) in [7, 11) is 3.39. The zero-order chi connectivity index (χ0) is 19.9. The molecule has 0 radical (unpaired) electrons. The number of aryl methyl sites for hydroxylation is 1. The van der Waals surface area contributed by atoms with Crippen LogP contribution in [0.5, 0.6) is 0 Å². The smallest absolute Gasteiger partial charge is 0.319 e. The van der Waals surface area contributed by atoms with Gasteiger partial charge in [0.2, 0.25) is 0 Å². The Kier molecular flexibility index (Phi) is 6.65. The molecule has 2 N–H and O–H groups in total. The van der Waals surface area contributed by atoms with Gasteiger partial charge in [0, 0.05) is 44.7 Å². The number of hydrogen-bond acceptors (Lipinski definition) is 4. The van der Waals surface area contributed by atoms with Crippen molar-refractivity contribution in [2.24, 2.45) is 7.05 Å². The second-order valence-electron chi connectivity index (χ2n) is 6.92. The van der Waals surface area contributed by atoms with Crippen molar-refractivity contribution in [2.75, 3.05) is 32.1 Å². The summed E-state index contributed by atoms with van der Waals surface area (Å²) in [6, 6.07) is 8.17. The number of aromatic nitrogens is 2. The highest BCUT2D eigenvalue weighted by molar-refractivity contribution is 5.97. The molecule has 1 aromatic heterocycles. The summed E-state index contributed by atoms with van der Waals surface area (Å²) in [5.74, 6) is 0.0101. The first-order valence-electron chi connectivity index (χ1n) is 9.52. The Morgan fingerprint density at radius 2 is 2.00 bits per heavy atom. The van der Waals surface area contributed by atoms with Gasteiger partial charge in [0.05, 0.1) is 18.3 Å². The zero-order valence-corrected chi connectivity index (χ0v) is 16.4. The first-order valence-corrected chi connectivity index (χ1v) is 9.52. The third-order valence-corrected chi connectivity index (χ3v) is 4.87. The van der Waals surface area contributed by atoms with Gasteiger partial charge in [-0.1, -0.05) is 6.07 Å². The fraction of sp³-hybridized carbons (Fsp3) is 0.450. The van der Waals surface area contributed by atoms with E-state index in [0.717, 1.165) is 31.6 Å². The normalized spacial score (nSPS) is 15.1. The third-order valence-electron chi connectivity index (χ3n) is 4.87. The molecule has 1 atom stereocenters. The highest BCUT2D eigenvalue weighted by atomic mass is 16.5. The molecule has 0 spiro atoms. The van der Waals surface area contributed by atoms with Crippen molar-refractivity contribution in [2.45, 2.75) is 25.3 Å². The molecule has 0 unspecified atom stereocenters. The van der Waals surface area contributed by atoms with Crippen molar-refractivity contribution in [1.82, 2.24) is 20.0 Å². The van der Waals surface area contributed by atoms with Crippen molar-refractivity contribution in [1.29, 1.82) is 0 Å². The van der Waals surface area contributed by atoms with Crippen molar-refractivity contribution >= 4 is 17.6 Å². The molecule has 0 aliphatic carbocycles. The number of methoxy groups -OCH3 is 1. The SMILES string of the molecule is COC[C@@H](NC(=O)Nc1cccc(C(=O)N2CCCCC2)c1)c1ccnn1C. The number of rotatable bonds is 6. The van der Waals surface area contributed by atoms with E-state index in [2.05, 4.69) is 15.7 Å². The van der Waals surface area contributed by atoms with Gasteiger partial charge < -0.3 is 20.3 Å². The van der Waals surface area contributed by atoms with Gasteiger partial charge >= 0.3 is 6.03 Å². The predicted octanol–water partition coefficient (Wildman–Crippen LogP) is 2.56. The maximum atomic E-state index is 12.7. The molecule has 2 aromatic rings. The van der Waals surface area contributed by atoms with Crippen LogP contribution in [-0.2, 0) is 11.8 Å². The van der Waals surface area contributed by atoms with E-state index >= 15 is 0 Å². The molecule has 1 fully saturated rings. The Balaban J connectivity index is 1.65. The number of nitrogens with one attached hydrogen (secondary N) is 2. The summed E-state index contributed by atoms with van der Waals surface area (Å²) < 4.78 is 6.91. The van der Waals surface area contributed by atoms with Gasteiger partial charge in [-0.05, 0) is 43.5 Å². The van der Waals surface area contributed by atoms with Crippen LogP contribution in [0.15, 0.2) is 36.5 Å². The van der Waals surface area contributed by atoms with Crippen molar-refractivity contribution in [3.05, 3.63) is 47.8 Å². The van der Waals surface area contributed by atoms with Crippen LogP contribution >= 0.6 is 0 Å². The number of ether oxygens (including phenoxy) is 1. The average Bonchev–Trinajstić information content (AvgIpc) is 3.14. The fourth-order valence-electron chi connectivity index (χ4n) is 3.43. The Morgan fingerprint density at radius 3 is 2.68 bits per heavy atom. The molecule has 0 bridgehead atoms. The number of carbonyl (C=O) groups is 2.